The molecule has 0 unspecified atom stereocenters. The minimum absolute atomic E-state index is 0.151. The van der Waals surface area contributed by atoms with E-state index in [0.29, 0.717) is 24.6 Å². The summed E-state index contributed by atoms with van der Waals surface area (Å²) in [6.07, 6.45) is 3.63. The smallest absolute Gasteiger partial charge is 0.256 e. The van der Waals surface area contributed by atoms with Crippen LogP contribution in [0.2, 0.25) is 0 Å². The standard InChI is InChI=1S/C17H28N2O3/c1-6-8-12-22-15-10-9-14(13(3)18-15)19-16(20)17(4,21-5)11-7-2/h9-10H,6-8,11-12H2,1-5H3,(H,19,20)/t17-/m1/s1. The molecule has 1 amide bonds. The molecule has 5 nitrogen and oxygen atoms in total. The normalized spacial score (nSPS) is 13.5. The second kappa shape index (κ2) is 8.73. The number of aryl methyl sites for hydroxylation is 1. The van der Waals surface area contributed by atoms with Gasteiger partial charge in [0.25, 0.3) is 5.91 Å². The van der Waals surface area contributed by atoms with Gasteiger partial charge in [0.05, 0.1) is 18.0 Å². The first-order valence-electron chi connectivity index (χ1n) is 7.93. The average Bonchev–Trinajstić information content (AvgIpc) is 2.50. The Bertz CT molecular complexity index is 491. The zero-order valence-electron chi connectivity index (χ0n) is 14.4. The number of pyridine rings is 1. The SMILES string of the molecule is CCCCOc1ccc(NC(=O)[C@@](C)(CCC)OC)c(C)n1. The lowest BCUT2D eigenvalue weighted by Crippen LogP contribution is -2.42. The predicted molar refractivity (Wildman–Crippen MR) is 88.3 cm³/mol. The first kappa shape index (κ1) is 18.4. The largest absolute Gasteiger partial charge is 0.478 e. The quantitative estimate of drug-likeness (QED) is 0.706. The molecular formula is C17H28N2O3. The van der Waals surface area contributed by atoms with E-state index in [9.17, 15) is 4.79 Å². The van der Waals surface area contributed by atoms with Crippen LogP contribution < -0.4 is 10.1 Å². The number of carbonyl (C=O) groups is 1. The summed E-state index contributed by atoms with van der Waals surface area (Å²) in [6.45, 7) is 8.46. The van der Waals surface area contributed by atoms with Crippen molar-refractivity contribution in [1.82, 2.24) is 4.98 Å². The number of aromatic nitrogens is 1. The lowest BCUT2D eigenvalue weighted by molar-refractivity contribution is -0.136. The maximum Gasteiger partial charge on any atom is 0.256 e. The van der Waals surface area contributed by atoms with Crippen molar-refractivity contribution in [3.8, 4) is 5.88 Å². The van der Waals surface area contributed by atoms with Crippen LogP contribution in [0, 0.1) is 6.92 Å². The molecule has 1 aromatic rings. The Morgan fingerprint density at radius 3 is 2.59 bits per heavy atom. The van der Waals surface area contributed by atoms with Crippen LogP contribution in [0.5, 0.6) is 5.88 Å². The molecule has 1 aromatic heterocycles. The van der Waals surface area contributed by atoms with Crippen LogP contribution in [0.25, 0.3) is 0 Å². The van der Waals surface area contributed by atoms with Crippen molar-refractivity contribution in [2.24, 2.45) is 0 Å². The molecule has 1 atom stereocenters. The molecule has 124 valence electrons. The summed E-state index contributed by atoms with van der Waals surface area (Å²) >= 11 is 0. The van der Waals surface area contributed by atoms with Gasteiger partial charge in [-0.25, -0.2) is 4.98 Å². The van der Waals surface area contributed by atoms with Gasteiger partial charge in [-0.15, -0.1) is 0 Å². The van der Waals surface area contributed by atoms with Crippen molar-refractivity contribution >= 4 is 11.6 Å². The number of carbonyl (C=O) groups excluding carboxylic acids is 1. The van der Waals surface area contributed by atoms with E-state index in [2.05, 4.69) is 17.2 Å². The summed E-state index contributed by atoms with van der Waals surface area (Å²) in [5, 5.41) is 2.90. The minimum Gasteiger partial charge on any atom is -0.478 e. The number of nitrogens with one attached hydrogen (secondary N) is 1. The van der Waals surface area contributed by atoms with Gasteiger partial charge in [-0.1, -0.05) is 26.7 Å². The summed E-state index contributed by atoms with van der Waals surface area (Å²) in [5.74, 6) is 0.438. The number of anilines is 1. The van der Waals surface area contributed by atoms with Crippen LogP contribution in [0.1, 0.15) is 52.1 Å². The predicted octanol–water partition coefficient (Wildman–Crippen LogP) is 3.71. The summed E-state index contributed by atoms with van der Waals surface area (Å²) in [4.78, 5) is 16.8. The topological polar surface area (TPSA) is 60.5 Å². The van der Waals surface area contributed by atoms with E-state index in [-0.39, 0.29) is 5.91 Å². The highest BCUT2D eigenvalue weighted by atomic mass is 16.5. The maximum absolute atomic E-state index is 12.4. The Kier molecular flexibility index (Phi) is 7.32. The van der Waals surface area contributed by atoms with Crippen LogP contribution in [0.4, 0.5) is 5.69 Å². The molecule has 0 radical (unpaired) electrons. The molecule has 0 aromatic carbocycles. The molecule has 22 heavy (non-hydrogen) atoms. The van der Waals surface area contributed by atoms with E-state index in [1.165, 1.54) is 0 Å². The second-order valence-electron chi connectivity index (χ2n) is 5.62. The zero-order chi connectivity index (χ0) is 16.6. The van der Waals surface area contributed by atoms with Gasteiger partial charge in [0.2, 0.25) is 5.88 Å². The van der Waals surface area contributed by atoms with Gasteiger partial charge in [0.15, 0.2) is 0 Å². The van der Waals surface area contributed by atoms with Crippen molar-refractivity contribution in [2.75, 3.05) is 19.0 Å². The van der Waals surface area contributed by atoms with Crippen LogP contribution in [0.15, 0.2) is 12.1 Å². The molecule has 0 spiro atoms. The molecular weight excluding hydrogens is 280 g/mol. The second-order valence-corrected chi connectivity index (χ2v) is 5.62. The molecule has 0 aliphatic carbocycles. The maximum atomic E-state index is 12.4. The van der Waals surface area contributed by atoms with Gasteiger partial charge in [-0.05, 0) is 32.8 Å². The van der Waals surface area contributed by atoms with E-state index in [1.54, 1.807) is 20.1 Å². The molecule has 0 fully saturated rings. The van der Waals surface area contributed by atoms with E-state index in [1.807, 2.05) is 19.9 Å². The first-order valence-corrected chi connectivity index (χ1v) is 7.93. The highest BCUT2D eigenvalue weighted by Gasteiger charge is 2.32. The third kappa shape index (κ3) is 4.98. The van der Waals surface area contributed by atoms with Crippen LogP contribution >= 0.6 is 0 Å². The molecule has 0 bridgehead atoms. The zero-order valence-corrected chi connectivity index (χ0v) is 14.4. The van der Waals surface area contributed by atoms with Crippen molar-refractivity contribution in [3.05, 3.63) is 17.8 Å². The van der Waals surface area contributed by atoms with Gasteiger partial charge >= 0.3 is 0 Å². The van der Waals surface area contributed by atoms with E-state index in [4.69, 9.17) is 9.47 Å². The third-order valence-electron chi connectivity index (χ3n) is 3.71. The Morgan fingerprint density at radius 1 is 1.32 bits per heavy atom. The number of methoxy groups -OCH3 is 1. The lowest BCUT2D eigenvalue weighted by atomic mass is 9.99. The molecule has 1 N–H and O–H groups in total. The summed E-state index contributed by atoms with van der Waals surface area (Å²) < 4.78 is 10.9. The fraction of sp³-hybridized carbons (Fsp3) is 0.647. The molecule has 5 heteroatoms. The number of amides is 1. The number of hydrogen-bond acceptors (Lipinski definition) is 4. The van der Waals surface area contributed by atoms with Gasteiger partial charge in [0, 0.05) is 13.2 Å². The number of ether oxygens (including phenoxy) is 2. The summed E-state index contributed by atoms with van der Waals surface area (Å²) in [6, 6.07) is 3.60. The fourth-order valence-corrected chi connectivity index (χ4v) is 2.11. The van der Waals surface area contributed by atoms with E-state index < -0.39 is 5.60 Å². The van der Waals surface area contributed by atoms with E-state index in [0.717, 1.165) is 25.0 Å². The minimum atomic E-state index is -0.822. The Morgan fingerprint density at radius 2 is 2.05 bits per heavy atom. The van der Waals surface area contributed by atoms with Crippen molar-refractivity contribution in [3.63, 3.8) is 0 Å². The van der Waals surface area contributed by atoms with Crippen molar-refractivity contribution in [1.29, 1.82) is 0 Å². The third-order valence-corrected chi connectivity index (χ3v) is 3.71. The van der Waals surface area contributed by atoms with Crippen LogP contribution in [-0.2, 0) is 9.53 Å². The molecule has 0 saturated heterocycles. The molecule has 1 rings (SSSR count). The monoisotopic (exact) mass is 308 g/mol. The van der Waals surface area contributed by atoms with Crippen molar-refractivity contribution in [2.45, 2.75) is 59.0 Å². The highest BCUT2D eigenvalue weighted by molar-refractivity contribution is 5.97. The van der Waals surface area contributed by atoms with Gasteiger partial charge in [-0.3, -0.25) is 4.79 Å². The molecule has 1 heterocycles. The van der Waals surface area contributed by atoms with E-state index >= 15 is 0 Å². The summed E-state index contributed by atoms with van der Waals surface area (Å²) in [7, 11) is 1.56. The Hall–Kier alpha value is -1.62. The number of hydrogen-bond donors (Lipinski definition) is 1. The first-order chi connectivity index (χ1) is 10.5. The van der Waals surface area contributed by atoms with Gasteiger partial charge < -0.3 is 14.8 Å². The molecule has 0 saturated carbocycles. The number of unbranched alkanes of at least 4 members (excludes halogenated alkanes) is 1. The highest BCUT2D eigenvalue weighted by Crippen LogP contribution is 2.22. The fourth-order valence-electron chi connectivity index (χ4n) is 2.11. The number of nitrogens with zero attached hydrogens (tertiary/aromatic N) is 1. The van der Waals surface area contributed by atoms with Crippen LogP contribution in [-0.4, -0.2) is 30.2 Å². The Labute approximate surface area is 133 Å². The van der Waals surface area contributed by atoms with Crippen LogP contribution in [0.3, 0.4) is 0 Å². The van der Waals surface area contributed by atoms with Gasteiger partial charge in [0.1, 0.15) is 5.60 Å². The lowest BCUT2D eigenvalue weighted by Gasteiger charge is -2.26. The molecule has 0 aliphatic heterocycles. The Balaban J connectivity index is 2.75. The average molecular weight is 308 g/mol. The van der Waals surface area contributed by atoms with Crippen molar-refractivity contribution < 1.29 is 14.3 Å². The molecule has 0 aliphatic rings. The van der Waals surface area contributed by atoms with Gasteiger partial charge in [-0.2, -0.15) is 0 Å². The number of rotatable bonds is 9. The summed E-state index contributed by atoms with van der Waals surface area (Å²) in [5.41, 5.74) is 0.599.